The smallest absolute Gasteiger partial charge is 0.407 e. The van der Waals surface area contributed by atoms with E-state index in [1.54, 1.807) is 29.4 Å². The number of carbonyl (C=O) groups excluding carboxylic acids is 1. The molecule has 1 unspecified atom stereocenters. The van der Waals surface area contributed by atoms with Crippen LogP contribution in [0.1, 0.15) is 38.6 Å². The Bertz CT molecular complexity index is 1480. The van der Waals surface area contributed by atoms with Gasteiger partial charge >= 0.3 is 6.09 Å². The number of hydrogen-bond acceptors (Lipinski definition) is 5. The average molecular weight is 514 g/mol. The van der Waals surface area contributed by atoms with Gasteiger partial charge in [-0.3, -0.25) is 14.7 Å². The number of likely N-dealkylation sites (tertiary alicyclic amines) is 1. The SMILES string of the molecule is CC(C)[C@@H](C(=O)N1CCCC1c1ncc(-c2ccc(-c3cnc4cc(O)ccc4c3)cc2)[nH]1)N(C)C(=O)O. The molecule has 3 N–H and O–H groups in total. The number of H-pyrrole nitrogens is 1. The molecule has 0 radical (unpaired) electrons. The summed E-state index contributed by atoms with van der Waals surface area (Å²) in [5.74, 6) is 0.560. The second-order valence-corrected chi connectivity index (χ2v) is 10.1. The predicted octanol–water partition coefficient (Wildman–Crippen LogP) is 5.30. The van der Waals surface area contributed by atoms with Crippen LogP contribution in [0.25, 0.3) is 33.3 Å². The van der Waals surface area contributed by atoms with Gasteiger partial charge in [0.05, 0.1) is 23.4 Å². The van der Waals surface area contributed by atoms with Crippen LogP contribution in [0.2, 0.25) is 0 Å². The molecule has 0 saturated carbocycles. The number of fused-ring (bicyclic) bond motifs is 1. The van der Waals surface area contributed by atoms with Gasteiger partial charge in [-0.05, 0) is 48.1 Å². The first-order valence-electron chi connectivity index (χ1n) is 12.7. The second kappa shape index (κ2) is 10.2. The Balaban J connectivity index is 1.35. The van der Waals surface area contributed by atoms with E-state index in [0.29, 0.717) is 12.4 Å². The van der Waals surface area contributed by atoms with Crippen molar-refractivity contribution in [3.8, 4) is 28.1 Å². The van der Waals surface area contributed by atoms with E-state index in [9.17, 15) is 19.8 Å². The average Bonchev–Trinajstić information content (AvgIpc) is 3.58. The highest BCUT2D eigenvalue weighted by Gasteiger charge is 2.39. The van der Waals surface area contributed by atoms with Crippen LogP contribution in [-0.2, 0) is 4.79 Å². The number of pyridine rings is 1. The number of likely N-dealkylation sites (N-methyl/N-ethyl adjacent to an activating group) is 1. The van der Waals surface area contributed by atoms with Gasteiger partial charge < -0.3 is 20.1 Å². The molecule has 9 nitrogen and oxygen atoms in total. The van der Waals surface area contributed by atoms with Gasteiger partial charge in [-0.25, -0.2) is 9.78 Å². The Kier molecular flexibility index (Phi) is 6.75. The molecule has 9 heteroatoms. The number of carboxylic acid groups (broad SMARTS) is 1. The first-order chi connectivity index (χ1) is 18.2. The maximum Gasteiger partial charge on any atom is 0.407 e. The Morgan fingerprint density at radius 3 is 2.47 bits per heavy atom. The number of rotatable bonds is 6. The zero-order chi connectivity index (χ0) is 27.0. The molecule has 2 atom stereocenters. The van der Waals surface area contributed by atoms with E-state index in [4.69, 9.17) is 0 Å². The van der Waals surface area contributed by atoms with E-state index in [2.05, 4.69) is 15.0 Å². The fourth-order valence-corrected chi connectivity index (χ4v) is 5.26. The lowest BCUT2D eigenvalue weighted by Gasteiger charge is -2.33. The summed E-state index contributed by atoms with van der Waals surface area (Å²) in [7, 11) is 1.45. The number of nitrogens with zero attached hydrogens (tertiary/aromatic N) is 4. The molecule has 4 aromatic rings. The zero-order valence-corrected chi connectivity index (χ0v) is 21.6. The van der Waals surface area contributed by atoms with Crippen molar-refractivity contribution in [1.82, 2.24) is 24.8 Å². The predicted molar refractivity (Wildman–Crippen MR) is 145 cm³/mol. The molecule has 38 heavy (non-hydrogen) atoms. The minimum Gasteiger partial charge on any atom is -0.508 e. The van der Waals surface area contributed by atoms with Crippen molar-refractivity contribution < 1.29 is 19.8 Å². The Labute approximate surface area is 220 Å². The van der Waals surface area contributed by atoms with Gasteiger partial charge in [-0.15, -0.1) is 0 Å². The topological polar surface area (TPSA) is 123 Å². The van der Waals surface area contributed by atoms with E-state index < -0.39 is 12.1 Å². The fourth-order valence-electron chi connectivity index (χ4n) is 5.26. The summed E-state index contributed by atoms with van der Waals surface area (Å²) in [5, 5.41) is 20.1. The first-order valence-corrected chi connectivity index (χ1v) is 12.7. The lowest BCUT2D eigenvalue weighted by molar-refractivity contribution is -0.138. The van der Waals surface area contributed by atoms with Gasteiger partial charge in [0.1, 0.15) is 17.6 Å². The molecule has 2 amide bonds. The number of amides is 2. The maximum atomic E-state index is 13.4. The molecular weight excluding hydrogens is 482 g/mol. The third-order valence-corrected chi connectivity index (χ3v) is 7.25. The molecule has 1 aliphatic heterocycles. The van der Waals surface area contributed by atoms with Crippen molar-refractivity contribution in [2.75, 3.05) is 13.6 Å². The van der Waals surface area contributed by atoms with Gasteiger partial charge in [0.2, 0.25) is 5.91 Å². The fraction of sp³-hybridized carbons (Fsp3) is 0.310. The van der Waals surface area contributed by atoms with Crippen molar-refractivity contribution in [1.29, 1.82) is 0 Å². The van der Waals surface area contributed by atoms with Crippen LogP contribution in [0, 0.1) is 5.92 Å². The Hall–Kier alpha value is -4.40. The molecule has 0 spiro atoms. The van der Waals surface area contributed by atoms with Crippen LogP contribution in [0.15, 0.2) is 60.9 Å². The van der Waals surface area contributed by atoms with Crippen LogP contribution in [0.3, 0.4) is 0 Å². The number of aromatic amines is 1. The van der Waals surface area contributed by atoms with Crippen LogP contribution in [-0.4, -0.2) is 66.6 Å². The third-order valence-electron chi connectivity index (χ3n) is 7.25. The molecular formula is C29H31N5O4. The van der Waals surface area contributed by atoms with Crippen LogP contribution in [0.5, 0.6) is 5.75 Å². The Morgan fingerprint density at radius 2 is 1.76 bits per heavy atom. The van der Waals surface area contributed by atoms with E-state index in [0.717, 1.165) is 51.0 Å². The van der Waals surface area contributed by atoms with Crippen molar-refractivity contribution in [2.24, 2.45) is 5.92 Å². The van der Waals surface area contributed by atoms with Crippen LogP contribution < -0.4 is 0 Å². The van der Waals surface area contributed by atoms with Crippen LogP contribution >= 0.6 is 0 Å². The van der Waals surface area contributed by atoms with Crippen molar-refractivity contribution >= 4 is 22.9 Å². The molecule has 196 valence electrons. The Morgan fingerprint density at radius 1 is 1.03 bits per heavy atom. The van der Waals surface area contributed by atoms with Crippen molar-refractivity contribution in [3.63, 3.8) is 0 Å². The molecule has 0 aliphatic carbocycles. The lowest BCUT2D eigenvalue weighted by atomic mass is 10.0. The maximum absolute atomic E-state index is 13.4. The van der Waals surface area contributed by atoms with E-state index in [-0.39, 0.29) is 23.6 Å². The number of hydrogen-bond donors (Lipinski definition) is 3. The normalized spacial score (nSPS) is 16.2. The highest BCUT2D eigenvalue weighted by molar-refractivity contribution is 5.86. The number of aromatic nitrogens is 3. The summed E-state index contributed by atoms with van der Waals surface area (Å²) in [4.78, 5) is 40.3. The third kappa shape index (κ3) is 4.79. The minimum absolute atomic E-state index is 0.152. The standard InChI is InChI=1S/C29H31N5O4/c1-17(2)26(33(3)29(37)38)28(36)34-12-4-5-25(34)27-31-16-24(32-27)19-8-6-18(7-9-19)21-13-20-10-11-22(35)14-23(20)30-15-21/h6-11,13-17,25-26,35H,4-5,12H2,1-3H3,(H,31,32)(H,37,38)/t25?,26-/m0/s1. The summed E-state index contributed by atoms with van der Waals surface area (Å²) in [6.07, 6.45) is 4.06. The number of imidazole rings is 1. The molecule has 5 rings (SSSR count). The largest absolute Gasteiger partial charge is 0.508 e. The number of phenols is 1. The van der Waals surface area contributed by atoms with E-state index >= 15 is 0 Å². The van der Waals surface area contributed by atoms with E-state index in [1.165, 1.54) is 7.05 Å². The second-order valence-electron chi connectivity index (χ2n) is 10.1. The molecule has 2 aromatic carbocycles. The van der Waals surface area contributed by atoms with Crippen LogP contribution in [0.4, 0.5) is 4.79 Å². The quantitative estimate of drug-likeness (QED) is 0.322. The number of nitrogens with one attached hydrogen (secondary N) is 1. The first kappa shape index (κ1) is 25.3. The minimum atomic E-state index is -1.12. The lowest BCUT2D eigenvalue weighted by Crippen LogP contribution is -2.51. The molecule has 1 aliphatic rings. The summed E-state index contributed by atoms with van der Waals surface area (Å²) in [6, 6.07) is 14.3. The zero-order valence-electron chi connectivity index (χ0n) is 21.6. The van der Waals surface area contributed by atoms with Gasteiger partial charge in [0, 0.05) is 36.8 Å². The highest BCUT2D eigenvalue weighted by Crippen LogP contribution is 2.34. The van der Waals surface area contributed by atoms with Crippen molar-refractivity contribution in [2.45, 2.75) is 38.8 Å². The number of aromatic hydroxyl groups is 1. The highest BCUT2D eigenvalue weighted by atomic mass is 16.4. The summed E-state index contributed by atoms with van der Waals surface area (Å²) in [6.45, 7) is 4.30. The van der Waals surface area contributed by atoms with Gasteiger partial charge in [-0.2, -0.15) is 0 Å². The number of benzene rings is 2. The monoisotopic (exact) mass is 513 g/mol. The number of phenolic OH excluding ortho intramolecular Hbond substituents is 1. The van der Waals surface area contributed by atoms with Crippen molar-refractivity contribution in [3.05, 3.63) is 66.7 Å². The molecule has 3 heterocycles. The molecule has 1 fully saturated rings. The van der Waals surface area contributed by atoms with Gasteiger partial charge in [0.15, 0.2) is 0 Å². The molecule has 1 saturated heterocycles. The van der Waals surface area contributed by atoms with E-state index in [1.807, 2.05) is 50.2 Å². The van der Waals surface area contributed by atoms with Gasteiger partial charge in [-0.1, -0.05) is 38.1 Å². The summed E-state index contributed by atoms with van der Waals surface area (Å²) in [5.41, 5.74) is 4.55. The summed E-state index contributed by atoms with van der Waals surface area (Å²) >= 11 is 0. The summed E-state index contributed by atoms with van der Waals surface area (Å²) < 4.78 is 0. The molecule has 0 bridgehead atoms. The number of carbonyl (C=O) groups is 2. The van der Waals surface area contributed by atoms with Gasteiger partial charge in [0.25, 0.3) is 0 Å². The molecule has 2 aromatic heterocycles.